The summed E-state index contributed by atoms with van der Waals surface area (Å²) >= 11 is 0. The van der Waals surface area contributed by atoms with Gasteiger partial charge in [0.1, 0.15) is 0 Å². The third-order valence-corrected chi connectivity index (χ3v) is 2.22. The molecule has 1 N–H and O–H groups in total. The molecule has 0 aliphatic rings. The van der Waals surface area contributed by atoms with Crippen molar-refractivity contribution >= 4 is 5.69 Å². The number of hydrogen-bond donors (Lipinski definition) is 1. The first-order chi connectivity index (χ1) is 8.16. The van der Waals surface area contributed by atoms with Crippen molar-refractivity contribution in [2.24, 2.45) is 0 Å². The van der Waals surface area contributed by atoms with Crippen molar-refractivity contribution in [3.8, 4) is 0 Å². The molecule has 0 fully saturated rings. The molecule has 0 bridgehead atoms. The van der Waals surface area contributed by atoms with E-state index < -0.39 is 29.2 Å². The van der Waals surface area contributed by atoms with Gasteiger partial charge in [0.15, 0.2) is 0 Å². The molecule has 102 valence electrons. The van der Waals surface area contributed by atoms with Gasteiger partial charge in [0.05, 0.1) is 11.1 Å². The summed E-state index contributed by atoms with van der Waals surface area (Å²) in [5, 5.41) is 2.36. The van der Waals surface area contributed by atoms with E-state index >= 15 is 0 Å². The van der Waals surface area contributed by atoms with Gasteiger partial charge < -0.3 is 5.32 Å². The van der Waals surface area contributed by atoms with Crippen LogP contribution < -0.4 is 5.32 Å². The van der Waals surface area contributed by atoms with E-state index in [0.717, 1.165) is 0 Å². The lowest BCUT2D eigenvalue weighted by molar-refractivity contribution is -0.140. The Morgan fingerprint density at radius 2 is 1.61 bits per heavy atom. The Morgan fingerprint density at radius 3 is 2.06 bits per heavy atom. The van der Waals surface area contributed by atoms with Crippen LogP contribution in [0.4, 0.5) is 32.0 Å². The van der Waals surface area contributed by atoms with E-state index in [9.17, 15) is 26.3 Å². The first-order valence-electron chi connectivity index (χ1n) is 5.18. The zero-order chi connectivity index (χ0) is 14.0. The number of halogens is 6. The Labute approximate surface area is 99.8 Å². The number of alkyl halides is 6. The molecule has 1 aromatic carbocycles. The largest absolute Gasteiger partial charge is 0.418 e. The van der Waals surface area contributed by atoms with Gasteiger partial charge in [-0.25, -0.2) is 0 Å². The number of nitrogens with one attached hydrogen (secondary N) is 1. The molecule has 18 heavy (non-hydrogen) atoms. The van der Waals surface area contributed by atoms with E-state index in [2.05, 4.69) is 5.32 Å². The van der Waals surface area contributed by atoms with E-state index in [1.165, 1.54) is 0 Å². The van der Waals surface area contributed by atoms with Crippen molar-refractivity contribution in [2.45, 2.75) is 25.7 Å². The molecule has 1 nitrogen and oxygen atoms in total. The highest BCUT2D eigenvalue weighted by Gasteiger charge is 2.36. The SMILES string of the molecule is CCCNc1cc(C(F)(F)F)ccc1C(F)(F)F. The average molecular weight is 271 g/mol. The molecule has 0 saturated heterocycles. The summed E-state index contributed by atoms with van der Waals surface area (Å²) in [4.78, 5) is 0. The van der Waals surface area contributed by atoms with Crippen LogP contribution in [0.5, 0.6) is 0 Å². The van der Waals surface area contributed by atoms with Crippen LogP contribution >= 0.6 is 0 Å². The molecule has 0 spiro atoms. The Balaban J connectivity index is 3.21. The van der Waals surface area contributed by atoms with Crippen molar-refractivity contribution in [1.29, 1.82) is 0 Å². The summed E-state index contributed by atoms with van der Waals surface area (Å²) in [7, 11) is 0. The monoisotopic (exact) mass is 271 g/mol. The summed E-state index contributed by atoms with van der Waals surface area (Å²) < 4.78 is 75.0. The standard InChI is InChI=1S/C11H11F6N/c1-2-5-18-9-6-7(10(12,13)14)3-4-8(9)11(15,16)17/h3-4,6,18H,2,5H2,1H3. The van der Waals surface area contributed by atoms with Crippen LogP contribution in [0.1, 0.15) is 24.5 Å². The van der Waals surface area contributed by atoms with Gasteiger partial charge in [0.2, 0.25) is 0 Å². The van der Waals surface area contributed by atoms with Gasteiger partial charge in [-0.3, -0.25) is 0 Å². The molecule has 0 aliphatic carbocycles. The van der Waals surface area contributed by atoms with E-state index in [4.69, 9.17) is 0 Å². The third-order valence-electron chi connectivity index (χ3n) is 2.22. The Hall–Kier alpha value is -1.40. The second-order valence-corrected chi connectivity index (χ2v) is 3.68. The van der Waals surface area contributed by atoms with Crippen LogP contribution in [-0.4, -0.2) is 6.54 Å². The lowest BCUT2D eigenvalue weighted by Gasteiger charge is -2.16. The van der Waals surface area contributed by atoms with Gasteiger partial charge in [-0.1, -0.05) is 6.92 Å². The molecule has 0 saturated carbocycles. The summed E-state index contributed by atoms with van der Waals surface area (Å²) in [6.45, 7) is 1.87. The van der Waals surface area contributed by atoms with E-state index in [1.54, 1.807) is 6.92 Å². The second-order valence-electron chi connectivity index (χ2n) is 3.68. The summed E-state index contributed by atoms with van der Waals surface area (Å²) in [6.07, 6.45) is -8.83. The quantitative estimate of drug-likeness (QED) is 0.795. The Morgan fingerprint density at radius 1 is 1.00 bits per heavy atom. The van der Waals surface area contributed by atoms with Crippen LogP contribution in [-0.2, 0) is 12.4 Å². The van der Waals surface area contributed by atoms with Gasteiger partial charge >= 0.3 is 12.4 Å². The van der Waals surface area contributed by atoms with Crippen LogP contribution in [0.2, 0.25) is 0 Å². The highest BCUT2D eigenvalue weighted by molar-refractivity contribution is 5.55. The zero-order valence-electron chi connectivity index (χ0n) is 9.41. The molecule has 0 heterocycles. The minimum absolute atomic E-state index is 0.171. The van der Waals surface area contributed by atoms with Crippen molar-refractivity contribution in [3.63, 3.8) is 0 Å². The van der Waals surface area contributed by atoms with Crippen molar-refractivity contribution in [2.75, 3.05) is 11.9 Å². The van der Waals surface area contributed by atoms with Gasteiger partial charge in [0, 0.05) is 12.2 Å². The predicted molar refractivity (Wildman–Crippen MR) is 55.2 cm³/mol. The molecule has 0 aromatic heterocycles. The van der Waals surface area contributed by atoms with Gasteiger partial charge in [0.25, 0.3) is 0 Å². The zero-order valence-corrected chi connectivity index (χ0v) is 9.41. The lowest BCUT2D eigenvalue weighted by atomic mass is 10.1. The van der Waals surface area contributed by atoms with E-state index in [0.29, 0.717) is 24.6 Å². The van der Waals surface area contributed by atoms with E-state index in [1.807, 2.05) is 0 Å². The minimum atomic E-state index is -4.68. The maximum Gasteiger partial charge on any atom is 0.418 e. The van der Waals surface area contributed by atoms with Gasteiger partial charge in [-0.2, -0.15) is 26.3 Å². The number of benzene rings is 1. The highest BCUT2D eigenvalue weighted by atomic mass is 19.4. The highest BCUT2D eigenvalue weighted by Crippen LogP contribution is 2.38. The number of anilines is 1. The molecule has 0 atom stereocenters. The number of hydrogen-bond acceptors (Lipinski definition) is 1. The first kappa shape index (κ1) is 14.7. The summed E-state index contributed by atoms with van der Waals surface area (Å²) in [5.41, 5.74) is -2.74. The third kappa shape index (κ3) is 3.54. The van der Waals surface area contributed by atoms with Crippen molar-refractivity contribution in [3.05, 3.63) is 29.3 Å². The normalized spacial score (nSPS) is 12.6. The average Bonchev–Trinajstić information content (AvgIpc) is 2.23. The van der Waals surface area contributed by atoms with Gasteiger partial charge in [-0.15, -0.1) is 0 Å². The maximum absolute atomic E-state index is 12.6. The first-order valence-corrected chi connectivity index (χ1v) is 5.18. The molecule has 1 aromatic rings. The fraction of sp³-hybridized carbons (Fsp3) is 0.455. The summed E-state index contributed by atoms with van der Waals surface area (Å²) in [5.74, 6) is 0. The lowest BCUT2D eigenvalue weighted by Crippen LogP contribution is -2.14. The topological polar surface area (TPSA) is 12.0 Å². The fourth-order valence-corrected chi connectivity index (χ4v) is 1.37. The smallest absolute Gasteiger partial charge is 0.385 e. The molecule has 0 radical (unpaired) electrons. The molecule has 7 heteroatoms. The van der Waals surface area contributed by atoms with E-state index in [-0.39, 0.29) is 6.54 Å². The predicted octanol–water partition coefficient (Wildman–Crippen LogP) is 4.55. The molecule has 0 aliphatic heterocycles. The molecule has 0 amide bonds. The van der Waals surface area contributed by atoms with Gasteiger partial charge in [-0.05, 0) is 24.6 Å². The Kier molecular flexibility index (Phi) is 4.13. The second kappa shape index (κ2) is 5.07. The maximum atomic E-state index is 12.6. The number of rotatable bonds is 3. The van der Waals surface area contributed by atoms with Crippen LogP contribution in [0.3, 0.4) is 0 Å². The molecule has 0 unspecified atom stereocenters. The molecular formula is C11H11F6N. The van der Waals surface area contributed by atoms with Crippen LogP contribution in [0, 0.1) is 0 Å². The molecule has 1 rings (SSSR count). The van der Waals surface area contributed by atoms with Crippen LogP contribution in [0.15, 0.2) is 18.2 Å². The Bertz CT molecular complexity index is 407. The molecular weight excluding hydrogens is 260 g/mol. The fourth-order valence-electron chi connectivity index (χ4n) is 1.37. The van der Waals surface area contributed by atoms with Crippen LogP contribution in [0.25, 0.3) is 0 Å². The minimum Gasteiger partial charge on any atom is -0.385 e. The van der Waals surface area contributed by atoms with Crippen molar-refractivity contribution in [1.82, 2.24) is 0 Å². The summed E-state index contributed by atoms with van der Waals surface area (Å²) in [6, 6.07) is 1.36. The van der Waals surface area contributed by atoms with Crippen molar-refractivity contribution < 1.29 is 26.3 Å².